The van der Waals surface area contributed by atoms with Gasteiger partial charge >= 0.3 is 5.97 Å². The zero-order chi connectivity index (χ0) is 27.4. The van der Waals surface area contributed by atoms with E-state index < -0.39 is 12.0 Å². The quantitative estimate of drug-likeness (QED) is 0.369. The van der Waals surface area contributed by atoms with E-state index in [0.29, 0.717) is 17.8 Å². The van der Waals surface area contributed by atoms with Crippen molar-refractivity contribution in [2.24, 2.45) is 4.99 Å². The van der Waals surface area contributed by atoms with Crippen molar-refractivity contribution >= 4 is 28.8 Å². The molecule has 0 spiro atoms. The number of allylic oxidation sites excluding steroid dienone is 1. The fourth-order valence-corrected chi connectivity index (χ4v) is 5.75. The second-order valence-electron chi connectivity index (χ2n) is 9.62. The Labute approximate surface area is 232 Å². The van der Waals surface area contributed by atoms with Crippen molar-refractivity contribution < 1.29 is 14.3 Å². The van der Waals surface area contributed by atoms with E-state index in [-0.39, 0.29) is 18.9 Å². The molecule has 2 aromatic carbocycles. The standard InChI is InChI=1S/C31H30N4O3S/c1-20-9-10-26(21(2)15-20)29-28(30(37)38-18-24-7-5-4-6-8-24)22(3)34-31-35(29)25(19-39-31)16-27(36)33-17-23-11-13-32-14-12-23/h4-15,19,29H,16-18H2,1-3H3,(H,33,36)/t29-/m0/s1. The number of thioether (sulfide) groups is 1. The minimum atomic E-state index is -0.462. The molecule has 8 heteroatoms. The molecule has 0 bridgehead atoms. The number of nitrogens with zero attached hydrogens (tertiary/aromatic N) is 3. The number of aromatic nitrogens is 1. The number of ether oxygens (including phenoxy) is 1. The lowest BCUT2D eigenvalue weighted by Crippen LogP contribution is -2.38. The molecule has 1 N–H and O–H groups in total. The van der Waals surface area contributed by atoms with Gasteiger partial charge < -0.3 is 15.0 Å². The van der Waals surface area contributed by atoms with Crippen molar-refractivity contribution in [1.82, 2.24) is 15.2 Å². The Morgan fingerprint density at radius 3 is 2.51 bits per heavy atom. The number of aryl methyl sites for hydroxylation is 2. The van der Waals surface area contributed by atoms with Crippen molar-refractivity contribution in [3.8, 4) is 0 Å². The fraction of sp³-hybridized carbons (Fsp3) is 0.226. The van der Waals surface area contributed by atoms with Gasteiger partial charge in [0.25, 0.3) is 0 Å². The molecule has 1 atom stereocenters. The van der Waals surface area contributed by atoms with Crippen molar-refractivity contribution in [3.05, 3.63) is 123 Å². The number of rotatable bonds is 8. The first-order valence-corrected chi connectivity index (χ1v) is 13.7. The summed E-state index contributed by atoms with van der Waals surface area (Å²) in [4.78, 5) is 37.4. The molecule has 0 fully saturated rings. The van der Waals surface area contributed by atoms with Crippen LogP contribution in [0.3, 0.4) is 0 Å². The van der Waals surface area contributed by atoms with E-state index >= 15 is 0 Å². The molecular weight excluding hydrogens is 508 g/mol. The van der Waals surface area contributed by atoms with Crippen molar-refractivity contribution in [2.75, 3.05) is 0 Å². The van der Waals surface area contributed by atoms with E-state index in [4.69, 9.17) is 9.73 Å². The number of hydrogen-bond acceptors (Lipinski definition) is 7. The number of carbonyl (C=O) groups is 2. The molecule has 5 rings (SSSR count). The Morgan fingerprint density at radius 1 is 1.00 bits per heavy atom. The van der Waals surface area contributed by atoms with Crippen molar-refractivity contribution in [2.45, 2.75) is 46.4 Å². The highest BCUT2D eigenvalue weighted by Gasteiger charge is 2.41. The van der Waals surface area contributed by atoms with Crippen LogP contribution in [-0.4, -0.2) is 26.9 Å². The second-order valence-corrected chi connectivity index (χ2v) is 10.5. The van der Waals surface area contributed by atoms with E-state index in [9.17, 15) is 9.59 Å². The number of aliphatic imine (C=N–C) groups is 1. The molecule has 3 heterocycles. The number of pyridine rings is 1. The minimum Gasteiger partial charge on any atom is -0.457 e. The summed E-state index contributed by atoms with van der Waals surface area (Å²) < 4.78 is 5.80. The van der Waals surface area contributed by atoms with Crippen LogP contribution < -0.4 is 5.32 Å². The summed E-state index contributed by atoms with van der Waals surface area (Å²) in [5, 5.41) is 5.68. The third-order valence-electron chi connectivity index (χ3n) is 6.73. The maximum atomic E-state index is 13.6. The number of benzene rings is 2. The van der Waals surface area contributed by atoms with Crippen LogP contribution in [0.2, 0.25) is 0 Å². The summed E-state index contributed by atoms with van der Waals surface area (Å²) in [6, 6.07) is 19.1. The number of esters is 1. The number of carbonyl (C=O) groups excluding carboxylic acids is 2. The van der Waals surface area contributed by atoms with Gasteiger partial charge in [0.05, 0.1) is 23.7 Å². The van der Waals surface area contributed by atoms with Gasteiger partial charge in [-0.1, -0.05) is 65.9 Å². The molecule has 7 nitrogen and oxygen atoms in total. The zero-order valence-corrected chi connectivity index (χ0v) is 23.0. The van der Waals surface area contributed by atoms with Crippen LogP contribution in [0.5, 0.6) is 0 Å². The highest BCUT2D eigenvalue weighted by molar-refractivity contribution is 8.16. The maximum Gasteiger partial charge on any atom is 0.338 e. The molecule has 0 saturated carbocycles. The van der Waals surface area contributed by atoms with Crippen LogP contribution in [0.1, 0.15) is 47.2 Å². The molecular formula is C31H30N4O3S. The lowest BCUT2D eigenvalue weighted by atomic mass is 9.90. The molecule has 0 saturated heterocycles. The first-order valence-electron chi connectivity index (χ1n) is 12.8. The summed E-state index contributed by atoms with van der Waals surface area (Å²) in [7, 11) is 0. The summed E-state index contributed by atoms with van der Waals surface area (Å²) in [5.74, 6) is -0.527. The Morgan fingerprint density at radius 2 is 1.77 bits per heavy atom. The number of hydrogen-bond donors (Lipinski definition) is 1. The monoisotopic (exact) mass is 538 g/mol. The Bertz CT molecular complexity index is 1480. The average Bonchev–Trinajstić information content (AvgIpc) is 3.33. The van der Waals surface area contributed by atoms with Gasteiger partial charge in [-0.05, 0) is 60.6 Å². The lowest BCUT2D eigenvalue weighted by Gasteiger charge is -2.37. The normalized spacial score (nSPS) is 16.4. The van der Waals surface area contributed by atoms with Crippen molar-refractivity contribution in [1.29, 1.82) is 0 Å². The molecule has 2 aliphatic rings. The molecule has 0 radical (unpaired) electrons. The van der Waals surface area contributed by atoms with E-state index in [2.05, 4.69) is 22.4 Å². The van der Waals surface area contributed by atoms with Crippen LogP contribution in [0.15, 0.2) is 100 Å². The van der Waals surface area contributed by atoms with Crippen LogP contribution >= 0.6 is 11.8 Å². The van der Waals surface area contributed by atoms with Gasteiger partial charge in [0, 0.05) is 24.6 Å². The van der Waals surface area contributed by atoms with E-state index in [1.165, 1.54) is 11.8 Å². The predicted molar refractivity (Wildman–Crippen MR) is 153 cm³/mol. The van der Waals surface area contributed by atoms with Gasteiger partial charge in [0.15, 0.2) is 5.17 Å². The lowest BCUT2D eigenvalue weighted by molar-refractivity contribution is -0.141. The molecule has 0 unspecified atom stereocenters. The SMILES string of the molecule is CC1=C(C(=O)OCc2ccccc2)[C@H](c2ccc(C)cc2C)N2C(CC(=O)NCc3ccncc3)=CSC2=N1. The summed E-state index contributed by atoms with van der Waals surface area (Å²) in [6.45, 7) is 6.52. The molecule has 0 aliphatic carbocycles. The van der Waals surface area contributed by atoms with Gasteiger partial charge in [-0.25, -0.2) is 9.79 Å². The molecule has 3 aromatic rings. The van der Waals surface area contributed by atoms with Gasteiger partial charge in [-0.3, -0.25) is 9.78 Å². The van der Waals surface area contributed by atoms with E-state index in [1.807, 2.05) is 79.6 Å². The topological polar surface area (TPSA) is 83.9 Å². The molecule has 1 aromatic heterocycles. The number of nitrogens with one attached hydrogen (secondary N) is 1. The zero-order valence-electron chi connectivity index (χ0n) is 22.2. The second kappa shape index (κ2) is 11.7. The fourth-order valence-electron chi connectivity index (χ4n) is 4.79. The van der Waals surface area contributed by atoms with Crippen molar-refractivity contribution in [3.63, 3.8) is 0 Å². The van der Waals surface area contributed by atoms with Gasteiger partial charge in [-0.2, -0.15) is 0 Å². The Hall–Kier alpha value is -4.17. The highest BCUT2D eigenvalue weighted by atomic mass is 32.2. The Balaban J connectivity index is 1.43. The van der Waals surface area contributed by atoms with Crippen LogP contribution in [0, 0.1) is 13.8 Å². The van der Waals surface area contributed by atoms with Crippen LogP contribution in [0.4, 0.5) is 0 Å². The van der Waals surface area contributed by atoms with Crippen LogP contribution in [-0.2, 0) is 27.5 Å². The summed E-state index contributed by atoms with van der Waals surface area (Å²) in [6.07, 6.45) is 3.56. The van der Waals surface area contributed by atoms with Crippen LogP contribution in [0.25, 0.3) is 0 Å². The largest absolute Gasteiger partial charge is 0.457 e. The third-order valence-corrected chi connectivity index (χ3v) is 7.62. The average molecular weight is 539 g/mol. The molecule has 198 valence electrons. The number of amidine groups is 1. The first kappa shape index (κ1) is 26.4. The predicted octanol–water partition coefficient (Wildman–Crippen LogP) is 5.72. The van der Waals surface area contributed by atoms with Gasteiger partial charge in [0.1, 0.15) is 6.61 Å². The molecule has 2 aliphatic heterocycles. The smallest absolute Gasteiger partial charge is 0.338 e. The maximum absolute atomic E-state index is 13.6. The van der Waals surface area contributed by atoms with Gasteiger partial charge in [-0.15, -0.1) is 0 Å². The molecule has 1 amide bonds. The number of amides is 1. The third kappa shape index (κ3) is 5.96. The Kier molecular flexibility index (Phi) is 7.93. The number of fused-ring (bicyclic) bond motifs is 1. The highest BCUT2D eigenvalue weighted by Crippen LogP contribution is 2.45. The van der Waals surface area contributed by atoms with Gasteiger partial charge in [0.2, 0.25) is 5.91 Å². The minimum absolute atomic E-state index is 0.112. The summed E-state index contributed by atoms with van der Waals surface area (Å²) >= 11 is 1.47. The van der Waals surface area contributed by atoms with E-state index in [1.54, 1.807) is 12.4 Å². The molecule has 39 heavy (non-hydrogen) atoms. The van der Waals surface area contributed by atoms with E-state index in [0.717, 1.165) is 38.7 Å². The summed E-state index contributed by atoms with van der Waals surface area (Å²) in [5.41, 5.74) is 6.94. The first-order chi connectivity index (χ1) is 18.9.